The zero-order valence-electron chi connectivity index (χ0n) is 5.82. The summed E-state index contributed by atoms with van der Waals surface area (Å²) in [7, 11) is 0. The van der Waals surface area contributed by atoms with E-state index in [0.29, 0.717) is 0 Å². The van der Waals surface area contributed by atoms with Gasteiger partial charge in [0.05, 0.1) is 0 Å². The summed E-state index contributed by atoms with van der Waals surface area (Å²) in [6.45, 7) is 0. The monoisotopic (exact) mass is 220 g/mol. The maximum absolute atomic E-state index is 2.99. The largest absolute Gasteiger partial charge is 4.00 e. The van der Waals surface area contributed by atoms with E-state index in [0.717, 1.165) is 6.42 Å². The second kappa shape index (κ2) is 15.9. The molecule has 0 saturated carbocycles. The van der Waals surface area contributed by atoms with Crippen molar-refractivity contribution in [3.8, 4) is 0 Å². The predicted molar refractivity (Wildman–Crippen MR) is 34.4 cm³/mol. The van der Waals surface area contributed by atoms with E-state index in [9.17, 15) is 0 Å². The van der Waals surface area contributed by atoms with Crippen molar-refractivity contribution in [1.29, 1.82) is 0 Å². The number of halogens is 1. The Morgan fingerprint density at radius 1 is 1.22 bits per heavy atom. The van der Waals surface area contributed by atoms with Crippen LogP contribution in [0.1, 0.15) is 6.42 Å². The fourth-order valence-corrected chi connectivity index (χ4v) is 0.340. The summed E-state index contributed by atoms with van der Waals surface area (Å²) < 4.78 is 0. The average Bonchev–Trinajstić information content (AvgIpc) is 1.76. The molecule has 0 aliphatic heterocycles. The van der Waals surface area contributed by atoms with Crippen LogP contribution in [-0.4, -0.2) is 0 Å². The molecule has 0 aromatic carbocycles. The number of hydrogen-bond donors (Lipinski definition) is 0. The van der Waals surface area contributed by atoms with Gasteiger partial charge in [-0.2, -0.15) is 6.08 Å². The second-order valence-electron chi connectivity index (χ2n) is 1.00. The second-order valence-corrected chi connectivity index (χ2v) is 1.00. The van der Waals surface area contributed by atoms with Gasteiger partial charge in [-0.1, -0.05) is 0 Å². The van der Waals surface area contributed by atoms with Gasteiger partial charge >= 0.3 is 26.2 Å². The van der Waals surface area contributed by atoms with Gasteiger partial charge in [-0.3, -0.25) is 6.08 Å². The predicted octanol–water partition coefficient (Wildman–Crippen LogP) is -0.792. The van der Waals surface area contributed by atoms with E-state index in [2.05, 4.69) is 12.2 Å². The van der Waals surface area contributed by atoms with Crippen LogP contribution in [0.3, 0.4) is 0 Å². The van der Waals surface area contributed by atoms with Crippen LogP contribution in [0, 0.1) is 20.9 Å². The molecule has 0 aromatic heterocycles. The van der Waals surface area contributed by atoms with E-state index in [1.165, 1.54) is 0 Å². The minimum Gasteiger partial charge on any atom is -1.00 e. The standard InChI is InChI=1S/C5H5.2CH3.ClH.Zr/c1-2-4-5-3-1;;;;/h1-3H,4H2;2*1H3;1H;/q3*-1;;+4/p-1. The van der Waals surface area contributed by atoms with Crippen molar-refractivity contribution >= 4 is 0 Å². The first-order valence-corrected chi connectivity index (χ1v) is 1.72. The van der Waals surface area contributed by atoms with Crippen LogP contribution in [0.4, 0.5) is 0 Å². The first-order valence-electron chi connectivity index (χ1n) is 1.72. The molecule has 0 aromatic rings. The topological polar surface area (TPSA) is 0 Å². The summed E-state index contributed by atoms with van der Waals surface area (Å²) in [5.41, 5.74) is 0. The molecule has 0 N–H and O–H groups in total. The summed E-state index contributed by atoms with van der Waals surface area (Å²) in [4.78, 5) is 0. The van der Waals surface area contributed by atoms with Gasteiger partial charge in [0.15, 0.2) is 0 Å². The normalized spacial score (nSPS) is 9.78. The average molecular weight is 222 g/mol. The van der Waals surface area contributed by atoms with Gasteiger partial charge in [-0.05, 0) is 0 Å². The minimum atomic E-state index is 0. The summed E-state index contributed by atoms with van der Waals surface area (Å²) in [6.07, 6.45) is 10.0. The maximum Gasteiger partial charge on any atom is 4.00 e. The molecule has 0 fully saturated rings. The molecule has 0 radical (unpaired) electrons. The molecule has 1 aliphatic carbocycles. The zero-order chi connectivity index (χ0) is 3.54. The SMILES string of the molecule is [C-]1=CC=CC1.[CH3-].[CH3-].[Cl-].[Zr+4]. The van der Waals surface area contributed by atoms with Crippen molar-refractivity contribution in [3.63, 3.8) is 0 Å². The van der Waals surface area contributed by atoms with Crippen molar-refractivity contribution in [3.05, 3.63) is 39.2 Å². The zero-order valence-corrected chi connectivity index (χ0v) is 9.03. The Morgan fingerprint density at radius 3 is 1.89 bits per heavy atom. The van der Waals surface area contributed by atoms with Crippen LogP contribution in [0.2, 0.25) is 0 Å². The molecule has 0 atom stereocenters. The quantitative estimate of drug-likeness (QED) is 0.471. The van der Waals surface area contributed by atoms with Crippen molar-refractivity contribution in [1.82, 2.24) is 0 Å². The number of hydrogen-bond acceptors (Lipinski definition) is 0. The Kier molecular flexibility index (Phi) is 39.9. The third-order valence-electron chi connectivity index (χ3n) is 0.586. The molecule has 0 spiro atoms. The molecule has 0 bridgehead atoms. The Morgan fingerprint density at radius 2 is 1.78 bits per heavy atom. The van der Waals surface area contributed by atoms with Gasteiger partial charge in [0.1, 0.15) is 0 Å². The number of allylic oxidation sites excluding steroid dienone is 4. The first kappa shape index (κ1) is 22.6. The van der Waals surface area contributed by atoms with Crippen LogP contribution in [-0.2, 0) is 26.2 Å². The van der Waals surface area contributed by atoms with Gasteiger partial charge in [-0.15, -0.1) is 6.42 Å². The van der Waals surface area contributed by atoms with Gasteiger partial charge in [-0.25, -0.2) is 12.2 Å². The molecule has 0 amide bonds. The summed E-state index contributed by atoms with van der Waals surface area (Å²) >= 11 is 0. The van der Waals surface area contributed by atoms with E-state index in [4.69, 9.17) is 0 Å². The van der Waals surface area contributed by atoms with Gasteiger partial charge in [0, 0.05) is 0 Å². The van der Waals surface area contributed by atoms with Crippen LogP contribution < -0.4 is 12.4 Å². The van der Waals surface area contributed by atoms with Crippen LogP contribution in [0.25, 0.3) is 0 Å². The molecule has 9 heavy (non-hydrogen) atoms. The van der Waals surface area contributed by atoms with Gasteiger partial charge in [0.2, 0.25) is 0 Å². The van der Waals surface area contributed by atoms with Crippen LogP contribution in [0.15, 0.2) is 18.2 Å². The third kappa shape index (κ3) is 12.0. The Hall–Kier alpha value is 0.653. The van der Waals surface area contributed by atoms with E-state index >= 15 is 0 Å². The fourth-order valence-electron chi connectivity index (χ4n) is 0.340. The van der Waals surface area contributed by atoms with Crippen molar-refractivity contribution in [2.45, 2.75) is 6.42 Å². The van der Waals surface area contributed by atoms with Crippen LogP contribution in [0.5, 0.6) is 0 Å². The molecule has 0 unspecified atom stereocenters. The Bertz CT molecular complexity index is 67.0. The third-order valence-corrected chi connectivity index (χ3v) is 0.586. The van der Waals surface area contributed by atoms with Crippen molar-refractivity contribution < 1.29 is 38.6 Å². The van der Waals surface area contributed by atoms with E-state index in [1.807, 2.05) is 12.2 Å². The molecule has 2 heteroatoms. The van der Waals surface area contributed by atoms with Crippen molar-refractivity contribution in [2.24, 2.45) is 0 Å². The van der Waals surface area contributed by atoms with Gasteiger partial charge in [0.25, 0.3) is 0 Å². The molecule has 0 saturated heterocycles. The first-order chi connectivity index (χ1) is 2.50. The maximum atomic E-state index is 2.99. The van der Waals surface area contributed by atoms with E-state index in [-0.39, 0.29) is 53.5 Å². The van der Waals surface area contributed by atoms with E-state index < -0.39 is 0 Å². The Balaban J connectivity index is -0.0000000312. The molecule has 50 valence electrons. The van der Waals surface area contributed by atoms with E-state index in [1.54, 1.807) is 0 Å². The summed E-state index contributed by atoms with van der Waals surface area (Å²) in [6, 6.07) is 0. The molecule has 1 aliphatic rings. The molecular formula is C7H11ClZr. The smallest absolute Gasteiger partial charge is 1.00 e. The Labute approximate surface area is 84.0 Å². The molecule has 0 heterocycles. The minimum absolute atomic E-state index is 0. The van der Waals surface area contributed by atoms with Crippen molar-refractivity contribution in [2.75, 3.05) is 0 Å². The molecular weight excluding hydrogens is 211 g/mol. The van der Waals surface area contributed by atoms with Gasteiger partial charge < -0.3 is 27.3 Å². The van der Waals surface area contributed by atoms with Crippen LogP contribution >= 0.6 is 0 Å². The molecule has 1 rings (SSSR count). The fraction of sp³-hybridized carbons (Fsp3) is 0.143. The molecule has 0 nitrogen and oxygen atoms in total. The number of rotatable bonds is 0. The summed E-state index contributed by atoms with van der Waals surface area (Å²) in [5.74, 6) is 0. The summed E-state index contributed by atoms with van der Waals surface area (Å²) in [5, 5.41) is 0.